The maximum absolute atomic E-state index is 5.22. The molecule has 1 N–H and O–H groups in total. The summed E-state index contributed by atoms with van der Waals surface area (Å²) < 4.78 is 5.22. The van der Waals surface area contributed by atoms with E-state index in [-0.39, 0.29) is 0 Å². The van der Waals surface area contributed by atoms with E-state index in [1.165, 1.54) is 5.56 Å². The van der Waals surface area contributed by atoms with Gasteiger partial charge in [-0.1, -0.05) is 30.3 Å². The predicted octanol–water partition coefficient (Wildman–Crippen LogP) is 3.29. The number of nitrogens with one attached hydrogen (secondary N) is 1. The SMILES string of the molecule is COc1cccc(CCNc2ncc3ccccc3n2)c1. The number of para-hydroxylation sites is 1. The summed E-state index contributed by atoms with van der Waals surface area (Å²) in [5.74, 6) is 1.55. The Balaban J connectivity index is 1.63. The molecule has 0 aliphatic rings. The lowest BCUT2D eigenvalue weighted by Crippen LogP contribution is -2.07. The normalized spacial score (nSPS) is 10.5. The molecule has 1 aromatic heterocycles. The number of ether oxygens (including phenoxy) is 1. The lowest BCUT2D eigenvalue weighted by molar-refractivity contribution is 0.414. The second kappa shape index (κ2) is 6.22. The summed E-state index contributed by atoms with van der Waals surface area (Å²) in [5, 5.41) is 4.31. The number of fused-ring (bicyclic) bond motifs is 1. The topological polar surface area (TPSA) is 47.0 Å². The quantitative estimate of drug-likeness (QED) is 0.778. The highest BCUT2D eigenvalue weighted by atomic mass is 16.5. The van der Waals surface area contributed by atoms with Crippen molar-refractivity contribution in [1.29, 1.82) is 0 Å². The summed E-state index contributed by atoms with van der Waals surface area (Å²) in [6, 6.07) is 16.1. The van der Waals surface area contributed by atoms with Gasteiger partial charge < -0.3 is 10.1 Å². The van der Waals surface area contributed by atoms with Gasteiger partial charge in [-0.25, -0.2) is 9.97 Å². The van der Waals surface area contributed by atoms with Crippen LogP contribution in [0.5, 0.6) is 5.75 Å². The maximum Gasteiger partial charge on any atom is 0.223 e. The molecule has 0 amide bonds. The van der Waals surface area contributed by atoms with Gasteiger partial charge in [0.05, 0.1) is 12.6 Å². The Morgan fingerprint density at radius 2 is 2.00 bits per heavy atom. The number of benzene rings is 2. The van der Waals surface area contributed by atoms with Crippen LogP contribution in [0.25, 0.3) is 10.9 Å². The van der Waals surface area contributed by atoms with Crippen LogP contribution >= 0.6 is 0 Å². The van der Waals surface area contributed by atoms with E-state index < -0.39 is 0 Å². The average Bonchev–Trinajstić information content (AvgIpc) is 2.55. The highest BCUT2D eigenvalue weighted by molar-refractivity contribution is 5.78. The fourth-order valence-electron chi connectivity index (χ4n) is 2.20. The van der Waals surface area contributed by atoms with Gasteiger partial charge in [-0.05, 0) is 30.2 Å². The Bertz CT molecular complexity index is 743. The molecular weight excluding hydrogens is 262 g/mol. The molecule has 0 radical (unpaired) electrons. The Kier molecular flexibility index (Phi) is 3.96. The summed E-state index contributed by atoms with van der Waals surface area (Å²) >= 11 is 0. The van der Waals surface area contributed by atoms with Crippen LogP contribution < -0.4 is 10.1 Å². The Morgan fingerprint density at radius 1 is 1.10 bits per heavy atom. The highest BCUT2D eigenvalue weighted by Gasteiger charge is 2.00. The van der Waals surface area contributed by atoms with E-state index >= 15 is 0 Å². The molecule has 1 heterocycles. The smallest absolute Gasteiger partial charge is 0.223 e. The van der Waals surface area contributed by atoms with E-state index in [9.17, 15) is 0 Å². The number of aromatic nitrogens is 2. The third-order valence-corrected chi connectivity index (χ3v) is 3.32. The molecule has 0 saturated heterocycles. The number of hydrogen-bond acceptors (Lipinski definition) is 4. The van der Waals surface area contributed by atoms with Gasteiger partial charge in [-0.2, -0.15) is 0 Å². The molecule has 0 fully saturated rings. The molecule has 0 unspecified atom stereocenters. The molecule has 4 heteroatoms. The van der Waals surface area contributed by atoms with Crippen molar-refractivity contribution < 1.29 is 4.74 Å². The largest absolute Gasteiger partial charge is 0.497 e. The van der Waals surface area contributed by atoms with Crippen molar-refractivity contribution in [3.05, 3.63) is 60.3 Å². The number of nitrogens with zero attached hydrogens (tertiary/aromatic N) is 2. The Labute approximate surface area is 123 Å². The first-order valence-corrected chi connectivity index (χ1v) is 6.94. The average molecular weight is 279 g/mol. The Morgan fingerprint density at radius 3 is 2.90 bits per heavy atom. The molecule has 0 atom stereocenters. The van der Waals surface area contributed by atoms with Crippen molar-refractivity contribution in [3.8, 4) is 5.75 Å². The zero-order valence-corrected chi connectivity index (χ0v) is 11.9. The molecule has 0 spiro atoms. The van der Waals surface area contributed by atoms with Gasteiger partial charge in [0.2, 0.25) is 5.95 Å². The lowest BCUT2D eigenvalue weighted by Gasteiger charge is -2.07. The van der Waals surface area contributed by atoms with Crippen molar-refractivity contribution in [3.63, 3.8) is 0 Å². The van der Waals surface area contributed by atoms with Crippen molar-refractivity contribution in [2.45, 2.75) is 6.42 Å². The molecule has 0 saturated carbocycles. The molecule has 0 aliphatic heterocycles. The first-order chi connectivity index (χ1) is 10.3. The minimum Gasteiger partial charge on any atom is -0.497 e. The minimum absolute atomic E-state index is 0.664. The lowest BCUT2D eigenvalue weighted by atomic mass is 10.1. The molecule has 21 heavy (non-hydrogen) atoms. The molecule has 4 nitrogen and oxygen atoms in total. The van der Waals surface area contributed by atoms with Crippen molar-refractivity contribution in [2.24, 2.45) is 0 Å². The summed E-state index contributed by atoms with van der Waals surface area (Å²) in [6.07, 6.45) is 2.74. The summed E-state index contributed by atoms with van der Waals surface area (Å²) in [4.78, 5) is 8.82. The van der Waals surface area contributed by atoms with Gasteiger partial charge >= 0.3 is 0 Å². The number of rotatable bonds is 5. The zero-order valence-electron chi connectivity index (χ0n) is 11.9. The molecule has 0 aliphatic carbocycles. The molecule has 2 aromatic carbocycles. The van der Waals surface area contributed by atoms with Crippen LogP contribution in [0.15, 0.2) is 54.7 Å². The first-order valence-electron chi connectivity index (χ1n) is 6.94. The van der Waals surface area contributed by atoms with E-state index in [4.69, 9.17) is 4.74 Å². The Hall–Kier alpha value is -2.62. The monoisotopic (exact) mass is 279 g/mol. The van der Waals surface area contributed by atoms with E-state index in [0.29, 0.717) is 5.95 Å². The second-order valence-electron chi connectivity index (χ2n) is 4.78. The predicted molar refractivity (Wildman–Crippen MR) is 84.7 cm³/mol. The number of hydrogen-bond donors (Lipinski definition) is 1. The number of methoxy groups -OCH3 is 1. The standard InChI is InChI=1S/C17H17N3O/c1-21-15-7-4-5-13(11-15)9-10-18-17-19-12-14-6-2-3-8-16(14)20-17/h2-8,11-12H,9-10H2,1H3,(H,18,19,20). The summed E-state index contributed by atoms with van der Waals surface area (Å²) in [6.45, 7) is 0.783. The molecular formula is C17H17N3O. The molecule has 0 bridgehead atoms. The zero-order chi connectivity index (χ0) is 14.5. The second-order valence-corrected chi connectivity index (χ2v) is 4.78. The van der Waals surface area contributed by atoms with Crippen LogP contribution in [0, 0.1) is 0 Å². The van der Waals surface area contributed by atoms with Crippen molar-refractivity contribution in [1.82, 2.24) is 9.97 Å². The van der Waals surface area contributed by atoms with Crippen LogP contribution in [-0.2, 0) is 6.42 Å². The fourth-order valence-corrected chi connectivity index (χ4v) is 2.20. The molecule has 3 aromatic rings. The third-order valence-electron chi connectivity index (χ3n) is 3.32. The van der Waals surface area contributed by atoms with E-state index in [2.05, 4.69) is 21.4 Å². The van der Waals surface area contributed by atoms with Crippen LogP contribution in [0.3, 0.4) is 0 Å². The summed E-state index contributed by atoms with van der Waals surface area (Å²) in [5.41, 5.74) is 2.18. The molecule has 106 valence electrons. The van der Waals surface area contributed by atoms with Gasteiger partial charge in [0.25, 0.3) is 0 Å². The fraction of sp³-hybridized carbons (Fsp3) is 0.176. The van der Waals surface area contributed by atoms with Crippen LogP contribution in [0.2, 0.25) is 0 Å². The van der Waals surface area contributed by atoms with Gasteiger partial charge in [0.15, 0.2) is 0 Å². The highest BCUT2D eigenvalue weighted by Crippen LogP contribution is 2.14. The van der Waals surface area contributed by atoms with Crippen LogP contribution in [0.4, 0.5) is 5.95 Å². The third kappa shape index (κ3) is 3.28. The van der Waals surface area contributed by atoms with E-state index in [1.54, 1.807) is 7.11 Å². The maximum atomic E-state index is 5.22. The van der Waals surface area contributed by atoms with E-state index in [1.807, 2.05) is 48.7 Å². The summed E-state index contributed by atoms with van der Waals surface area (Å²) in [7, 11) is 1.68. The van der Waals surface area contributed by atoms with Gasteiger partial charge in [-0.3, -0.25) is 0 Å². The van der Waals surface area contributed by atoms with E-state index in [0.717, 1.165) is 29.6 Å². The van der Waals surface area contributed by atoms with Crippen molar-refractivity contribution in [2.75, 3.05) is 19.0 Å². The van der Waals surface area contributed by atoms with Crippen molar-refractivity contribution >= 4 is 16.9 Å². The first kappa shape index (κ1) is 13.4. The van der Waals surface area contributed by atoms with Gasteiger partial charge in [0.1, 0.15) is 5.75 Å². The van der Waals surface area contributed by atoms with Gasteiger partial charge in [0, 0.05) is 18.1 Å². The minimum atomic E-state index is 0.664. The molecule has 3 rings (SSSR count). The van der Waals surface area contributed by atoms with Crippen LogP contribution in [0.1, 0.15) is 5.56 Å². The number of anilines is 1. The van der Waals surface area contributed by atoms with Gasteiger partial charge in [-0.15, -0.1) is 0 Å². The van der Waals surface area contributed by atoms with Crippen LogP contribution in [-0.4, -0.2) is 23.6 Å².